The molecule has 2 rings (SSSR count). The predicted octanol–water partition coefficient (Wildman–Crippen LogP) is 4.55. The summed E-state index contributed by atoms with van der Waals surface area (Å²) < 4.78 is 0. The Labute approximate surface area is 130 Å². The molecule has 0 radical (unpaired) electrons. The topological polar surface area (TPSA) is 24.9 Å². The number of hydrogen-bond acceptors (Lipinski definition) is 2. The van der Waals surface area contributed by atoms with E-state index in [1.165, 1.54) is 36.9 Å². The monoisotopic (exact) mass is 288 g/mol. The largest absolute Gasteiger partial charge is 0.314 e. The lowest BCUT2D eigenvalue weighted by Crippen LogP contribution is -2.39. The minimum Gasteiger partial charge on any atom is -0.314 e. The molecule has 1 heterocycles. The molecule has 0 bridgehead atoms. The van der Waals surface area contributed by atoms with Crippen LogP contribution in [0.5, 0.6) is 0 Å². The highest BCUT2D eigenvalue weighted by atomic mass is 14.9. The summed E-state index contributed by atoms with van der Waals surface area (Å²) in [4.78, 5) is 4.73. The molecular formula is C19H32N2. The van der Waals surface area contributed by atoms with Gasteiger partial charge in [-0.25, -0.2) is 0 Å². The van der Waals surface area contributed by atoms with Gasteiger partial charge in [-0.2, -0.15) is 0 Å². The minimum absolute atomic E-state index is 0.370. The lowest BCUT2D eigenvalue weighted by atomic mass is 9.73. The fourth-order valence-corrected chi connectivity index (χ4v) is 3.42. The number of nitrogens with zero attached hydrogens (tertiary/aromatic N) is 1. The van der Waals surface area contributed by atoms with E-state index in [1.807, 2.05) is 6.20 Å². The van der Waals surface area contributed by atoms with Gasteiger partial charge in [-0.05, 0) is 55.2 Å². The molecule has 21 heavy (non-hydrogen) atoms. The molecule has 2 nitrogen and oxygen atoms in total. The lowest BCUT2D eigenvalue weighted by molar-refractivity contribution is 0.207. The van der Waals surface area contributed by atoms with E-state index in [0.717, 1.165) is 6.54 Å². The Hall–Kier alpha value is -0.890. The van der Waals surface area contributed by atoms with Gasteiger partial charge in [-0.1, -0.05) is 40.7 Å². The summed E-state index contributed by atoms with van der Waals surface area (Å²) in [5.74, 6) is 1.29. The van der Waals surface area contributed by atoms with Crippen molar-refractivity contribution in [2.45, 2.75) is 72.3 Å². The van der Waals surface area contributed by atoms with Crippen LogP contribution >= 0.6 is 0 Å². The molecule has 1 aromatic heterocycles. The maximum Gasteiger partial charge on any atom is 0.0481 e. The molecule has 0 spiro atoms. The maximum atomic E-state index is 4.73. The van der Waals surface area contributed by atoms with E-state index in [-0.39, 0.29) is 0 Å². The van der Waals surface area contributed by atoms with Crippen molar-refractivity contribution in [3.63, 3.8) is 0 Å². The first-order valence-electron chi connectivity index (χ1n) is 8.60. The second-order valence-electron chi connectivity index (χ2n) is 7.71. The van der Waals surface area contributed by atoms with Gasteiger partial charge in [-0.3, -0.25) is 4.98 Å². The molecule has 0 aliphatic heterocycles. The number of fused-ring (bicyclic) bond motifs is 1. The zero-order valence-electron chi connectivity index (χ0n) is 14.4. The molecule has 1 aromatic rings. The number of nitrogens with one attached hydrogen (secondary N) is 1. The Kier molecular flexibility index (Phi) is 5.43. The Balaban J connectivity index is 2.19. The molecule has 0 saturated carbocycles. The van der Waals surface area contributed by atoms with Gasteiger partial charge in [0.05, 0.1) is 0 Å². The Bertz CT molecular complexity index is 447. The van der Waals surface area contributed by atoms with Crippen molar-refractivity contribution in [2.75, 3.05) is 6.54 Å². The fourth-order valence-electron chi connectivity index (χ4n) is 3.42. The van der Waals surface area contributed by atoms with Crippen LogP contribution in [0.1, 0.15) is 71.1 Å². The van der Waals surface area contributed by atoms with Gasteiger partial charge in [0.2, 0.25) is 0 Å². The van der Waals surface area contributed by atoms with Crippen molar-refractivity contribution in [1.29, 1.82) is 0 Å². The van der Waals surface area contributed by atoms with E-state index >= 15 is 0 Å². The molecule has 0 amide bonds. The zero-order valence-corrected chi connectivity index (χ0v) is 14.4. The lowest BCUT2D eigenvalue weighted by Gasteiger charge is -2.36. The van der Waals surface area contributed by atoms with Crippen molar-refractivity contribution in [2.24, 2.45) is 11.3 Å². The van der Waals surface area contributed by atoms with Crippen LogP contribution < -0.4 is 5.32 Å². The summed E-state index contributed by atoms with van der Waals surface area (Å²) in [6, 6.07) is 4.91. The first kappa shape index (κ1) is 16.5. The van der Waals surface area contributed by atoms with Crippen molar-refractivity contribution < 1.29 is 0 Å². The Morgan fingerprint density at radius 1 is 1.38 bits per heavy atom. The standard InChI is InChI=1S/C19H32N2/c1-6-20-17(13-14(2)19(3,4)5)16-11-7-9-15-10-8-12-21-18(15)16/h8,10,12,14,16-17,20H,6-7,9,11,13H2,1-5H3. The summed E-state index contributed by atoms with van der Waals surface area (Å²) >= 11 is 0. The second kappa shape index (κ2) is 6.91. The van der Waals surface area contributed by atoms with Crippen LogP contribution in [0.3, 0.4) is 0 Å². The summed E-state index contributed by atoms with van der Waals surface area (Å²) in [6.07, 6.45) is 6.98. The molecule has 118 valence electrons. The van der Waals surface area contributed by atoms with Crippen molar-refractivity contribution in [3.05, 3.63) is 29.6 Å². The van der Waals surface area contributed by atoms with Crippen LogP contribution in [0.4, 0.5) is 0 Å². The predicted molar refractivity (Wildman–Crippen MR) is 90.6 cm³/mol. The second-order valence-corrected chi connectivity index (χ2v) is 7.71. The van der Waals surface area contributed by atoms with E-state index < -0.39 is 0 Å². The van der Waals surface area contributed by atoms with Crippen LogP contribution in [-0.4, -0.2) is 17.6 Å². The van der Waals surface area contributed by atoms with Gasteiger partial charge in [0.1, 0.15) is 0 Å². The van der Waals surface area contributed by atoms with Gasteiger partial charge in [-0.15, -0.1) is 0 Å². The molecule has 1 aliphatic carbocycles. The molecule has 3 atom stereocenters. The molecule has 1 N–H and O–H groups in total. The average molecular weight is 288 g/mol. The molecular weight excluding hydrogens is 256 g/mol. The Morgan fingerprint density at radius 2 is 2.14 bits per heavy atom. The van der Waals surface area contributed by atoms with Crippen molar-refractivity contribution in [3.8, 4) is 0 Å². The smallest absolute Gasteiger partial charge is 0.0481 e. The van der Waals surface area contributed by atoms with E-state index in [9.17, 15) is 0 Å². The molecule has 0 saturated heterocycles. The summed E-state index contributed by atoms with van der Waals surface area (Å²) in [7, 11) is 0. The minimum atomic E-state index is 0.370. The summed E-state index contributed by atoms with van der Waals surface area (Å²) in [5.41, 5.74) is 3.20. The SMILES string of the molecule is CCNC(CC(C)C(C)(C)C)C1CCCc2cccnc21. The maximum absolute atomic E-state index is 4.73. The van der Waals surface area contributed by atoms with Crippen LogP contribution in [0.25, 0.3) is 0 Å². The van der Waals surface area contributed by atoms with Crippen LogP contribution in [0, 0.1) is 11.3 Å². The van der Waals surface area contributed by atoms with Crippen LogP contribution in [-0.2, 0) is 6.42 Å². The van der Waals surface area contributed by atoms with E-state index in [2.05, 4.69) is 52.1 Å². The van der Waals surface area contributed by atoms with Gasteiger partial charge in [0.15, 0.2) is 0 Å². The van der Waals surface area contributed by atoms with Crippen LogP contribution in [0.15, 0.2) is 18.3 Å². The zero-order chi connectivity index (χ0) is 15.5. The number of likely N-dealkylation sites (N-methyl/N-ethyl adjacent to an activating group) is 1. The first-order chi connectivity index (χ1) is 9.93. The van der Waals surface area contributed by atoms with E-state index in [1.54, 1.807) is 0 Å². The Morgan fingerprint density at radius 3 is 2.81 bits per heavy atom. The number of aromatic nitrogens is 1. The first-order valence-corrected chi connectivity index (χ1v) is 8.60. The molecule has 0 fully saturated rings. The normalized spacial score (nSPS) is 21.7. The number of hydrogen-bond donors (Lipinski definition) is 1. The quantitative estimate of drug-likeness (QED) is 0.859. The summed E-state index contributed by atoms with van der Waals surface area (Å²) in [5, 5.41) is 3.76. The third-order valence-electron chi connectivity index (χ3n) is 5.28. The van der Waals surface area contributed by atoms with Crippen LogP contribution in [0.2, 0.25) is 0 Å². The molecule has 2 heteroatoms. The number of aryl methyl sites for hydroxylation is 1. The van der Waals surface area contributed by atoms with Gasteiger partial charge >= 0.3 is 0 Å². The van der Waals surface area contributed by atoms with Crippen molar-refractivity contribution >= 4 is 0 Å². The number of pyridine rings is 1. The highest BCUT2D eigenvalue weighted by molar-refractivity contribution is 5.27. The molecule has 0 aromatic carbocycles. The molecule has 1 aliphatic rings. The third kappa shape index (κ3) is 4.06. The average Bonchev–Trinajstić information content (AvgIpc) is 2.45. The van der Waals surface area contributed by atoms with Crippen molar-refractivity contribution in [1.82, 2.24) is 10.3 Å². The summed E-state index contributed by atoms with van der Waals surface area (Å²) in [6.45, 7) is 12.7. The van der Waals surface area contributed by atoms with Gasteiger partial charge < -0.3 is 5.32 Å². The highest BCUT2D eigenvalue weighted by Gasteiger charge is 2.32. The van der Waals surface area contributed by atoms with E-state index in [0.29, 0.717) is 23.3 Å². The van der Waals surface area contributed by atoms with Gasteiger partial charge in [0.25, 0.3) is 0 Å². The fraction of sp³-hybridized carbons (Fsp3) is 0.737. The third-order valence-corrected chi connectivity index (χ3v) is 5.28. The highest BCUT2D eigenvalue weighted by Crippen LogP contribution is 2.37. The number of rotatable bonds is 5. The molecule has 3 unspecified atom stereocenters. The van der Waals surface area contributed by atoms with E-state index in [4.69, 9.17) is 4.98 Å². The van der Waals surface area contributed by atoms with Gasteiger partial charge in [0, 0.05) is 23.9 Å².